The van der Waals surface area contributed by atoms with E-state index in [1.54, 1.807) is 4.52 Å². The van der Waals surface area contributed by atoms with Crippen molar-refractivity contribution in [3.8, 4) is 0 Å². The zero-order chi connectivity index (χ0) is 15.7. The van der Waals surface area contributed by atoms with Crippen molar-refractivity contribution < 1.29 is 9.53 Å². The van der Waals surface area contributed by atoms with Gasteiger partial charge in [0.15, 0.2) is 0 Å². The normalized spacial score (nSPS) is 18.1. The molecule has 7 heteroatoms. The fourth-order valence-electron chi connectivity index (χ4n) is 2.67. The lowest BCUT2D eigenvalue weighted by Gasteiger charge is -2.09. The lowest BCUT2D eigenvalue weighted by atomic mass is 10.1. The summed E-state index contributed by atoms with van der Waals surface area (Å²) >= 11 is 1.37. The first-order chi connectivity index (χ1) is 10.6. The standard InChI is InChI=1S/C15H20N4O2S/c1-4-5-6-11-9(2)16-14-17-15(18-19(14)10(11)3)22-12-7-8-21-13(12)20/h12H,4-8H2,1-3H3/t12-/m0/s1. The molecule has 118 valence electrons. The zero-order valence-corrected chi connectivity index (χ0v) is 13.9. The van der Waals surface area contributed by atoms with Crippen LogP contribution in [0.4, 0.5) is 0 Å². The molecule has 0 N–H and O–H groups in total. The fraction of sp³-hybridized carbons (Fsp3) is 0.600. The molecule has 0 bridgehead atoms. The van der Waals surface area contributed by atoms with Crippen LogP contribution in [0.5, 0.6) is 0 Å². The highest BCUT2D eigenvalue weighted by Crippen LogP contribution is 2.28. The molecule has 0 aromatic carbocycles. The highest BCUT2D eigenvalue weighted by Gasteiger charge is 2.29. The molecular formula is C15H20N4O2S. The summed E-state index contributed by atoms with van der Waals surface area (Å²) in [5.41, 5.74) is 3.35. The predicted octanol–water partition coefficient (Wildman–Crippen LogP) is 2.49. The molecule has 22 heavy (non-hydrogen) atoms. The van der Waals surface area contributed by atoms with Crippen LogP contribution in [-0.2, 0) is 16.0 Å². The number of aromatic nitrogens is 4. The lowest BCUT2D eigenvalue weighted by molar-refractivity contribution is -0.137. The maximum absolute atomic E-state index is 11.6. The van der Waals surface area contributed by atoms with E-state index in [9.17, 15) is 4.79 Å². The van der Waals surface area contributed by atoms with Gasteiger partial charge < -0.3 is 4.74 Å². The van der Waals surface area contributed by atoms with Crippen LogP contribution >= 0.6 is 11.8 Å². The Morgan fingerprint density at radius 1 is 1.36 bits per heavy atom. The van der Waals surface area contributed by atoms with Crippen molar-refractivity contribution in [1.29, 1.82) is 0 Å². The molecule has 2 aromatic heterocycles. The van der Waals surface area contributed by atoms with Gasteiger partial charge in [0.25, 0.3) is 5.78 Å². The Morgan fingerprint density at radius 3 is 2.86 bits per heavy atom. The summed E-state index contributed by atoms with van der Waals surface area (Å²) in [5, 5.41) is 4.91. The first kappa shape index (κ1) is 15.3. The summed E-state index contributed by atoms with van der Waals surface area (Å²) < 4.78 is 6.77. The Kier molecular flexibility index (Phi) is 4.33. The number of hydrogen-bond donors (Lipinski definition) is 0. The number of thioether (sulfide) groups is 1. The third-order valence-corrected chi connectivity index (χ3v) is 5.04. The second-order valence-corrected chi connectivity index (χ2v) is 6.70. The highest BCUT2D eigenvalue weighted by molar-refractivity contribution is 8.00. The van der Waals surface area contributed by atoms with E-state index in [-0.39, 0.29) is 11.2 Å². The number of fused-ring (bicyclic) bond motifs is 1. The molecule has 1 aliphatic heterocycles. The summed E-state index contributed by atoms with van der Waals surface area (Å²) in [7, 11) is 0. The molecule has 3 rings (SSSR count). The van der Waals surface area contributed by atoms with E-state index < -0.39 is 0 Å². The van der Waals surface area contributed by atoms with Crippen molar-refractivity contribution in [3.63, 3.8) is 0 Å². The van der Waals surface area contributed by atoms with Gasteiger partial charge in [-0.15, -0.1) is 5.10 Å². The lowest BCUT2D eigenvalue weighted by Crippen LogP contribution is -2.09. The molecule has 1 atom stereocenters. The fourth-order valence-corrected chi connectivity index (χ4v) is 3.56. The van der Waals surface area contributed by atoms with Crippen LogP contribution in [-0.4, -0.2) is 37.4 Å². The van der Waals surface area contributed by atoms with Gasteiger partial charge in [-0.1, -0.05) is 25.1 Å². The van der Waals surface area contributed by atoms with Gasteiger partial charge in [-0.25, -0.2) is 9.50 Å². The number of ether oxygens (including phenoxy) is 1. The summed E-state index contributed by atoms with van der Waals surface area (Å²) in [6.45, 7) is 6.75. The van der Waals surface area contributed by atoms with E-state index in [0.717, 1.165) is 30.7 Å². The first-order valence-corrected chi connectivity index (χ1v) is 8.54. The molecule has 0 saturated carbocycles. The van der Waals surface area contributed by atoms with Crippen molar-refractivity contribution in [3.05, 3.63) is 17.0 Å². The second-order valence-electron chi connectivity index (χ2n) is 5.53. The Bertz CT molecular complexity index is 713. The number of aryl methyl sites for hydroxylation is 2. The molecule has 0 unspecified atom stereocenters. The first-order valence-electron chi connectivity index (χ1n) is 7.66. The van der Waals surface area contributed by atoms with Gasteiger partial charge in [0.1, 0.15) is 5.25 Å². The zero-order valence-electron chi connectivity index (χ0n) is 13.1. The Hall–Kier alpha value is -1.63. The van der Waals surface area contributed by atoms with Gasteiger partial charge in [0.05, 0.1) is 6.61 Å². The molecule has 0 aliphatic carbocycles. The molecule has 3 heterocycles. The Balaban J connectivity index is 1.92. The van der Waals surface area contributed by atoms with E-state index in [2.05, 4.69) is 28.9 Å². The van der Waals surface area contributed by atoms with Gasteiger partial charge >= 0.3 is 5.97 Å². The number of rotatable bonds is 5. The molecule has 1 aliphatic rings. The van der Waals surface area contributed by atoms with Crippen LogP contribution in [0.25, 0.3) is 5.78 Å². The molecule has 6 nitrogen and oxygen atoms in total. The molecule has 0 amide bonds. The van der Waals surface area contributed by atoms with E-state index in [4.69, 9.17) is 4.74 Å². The molecule has 1 fully saturated rings. The highest BCUT2D eigenvalue weighted by atomic mass is 32.2. The Morgan fingerprint density at radius 2 is 2.18 bits per heavy atom. The van der Waals surface area contributed by atoms with E-state index in [1.807, 2.05) is 6.92 Å². The van der Waals surface area contributed by atoms with Crippen LogP contribution in [0, 0.1) is 13.8 Å². The van der Waals surface area contributed by atoms with Crippen molar-refractivity contribution >= 4 is 23.5 Å². The average molecular weight is 320 g/mol. The minimum atomic E-state index is -0.196. The number of hydrogen-bond acceptors (Lipinski definition) is 6. The van der Waals surface area contributed by atoms with E-state index in [0.29, 0.717) is 24.0 Å². The van der Waals surface area contributed by atoms with E-state index >= 15 is 0 Å². The number of cyclic esters (lactones) is 1. The number of unbranched alkanes of at least 4 members (excludes halogenated alkanes) is 1. The van der Waals surface area contributed by atoms with Crippen molar-refractivity contribution in [2.24, 2.45) is 0 Å². The molecule has 1 saturated heterocycles. The monoisotopic (exact) mass is 320 g/mol. The van der Waals surface area contributed by atoms with Gasteiger partial charge in [-0.2, -0.15) is 4.98 Å². The topological polar surface area (TPSA) is 69.4 Å². The largest absolute Gasteiger partial charge is 0.465 e. The van der Waals surface area contributed by atoms with Crippen LogP contribution in [0.15, 0.2) is 5.16 Å². The van der Waals surface area contributed by atoms with Crippen molar-refractivity contribution in [1.82, 2.24) is 19.6 Å². The van der Waals surface area contributed by atoms with Crippen molar-refractivity contribution in [2.45, 2.75) is 56.9 Å². The third kappa shape index (κ3) is 2.82. The summed E-state index contributed by atoms with van der Waals surface area (Å²) in [6.07, 6.45) is 4.01. The SMILES string of the molecule is CCCCc1c(C)nc2nc(S[C@H]3CCOC3=O)nn2c1C. The van der Waals surface area contributed by atoms with Gasteiger partial charge in [0.2, 0.25) is 5.16 Å². The number of carbonyl (C=O) groups is 1. The Labute approximate surface area is 133 Å². The molecular weight excluding hydrogens is 300 g/mol. The molecule has 2 aromatic rings. The smallest absolute Gasteiger partial charge is 0.319 e. The average Bonchev–Trinajstić information content (AvgIpc) is 3.06. The van der Waals surface area contributed by atoms with Crippen LogP contribution in [0.1, 0.15) is 43.1 Å². The number of carbonyl (C=O) groups excluding carboxylic acids is 1. The van der Waals surface area contributed by atoms with Crippen LogP contribution in [0.3, 0.4) is 0 Å². The van der Waals surface area contributed by atoms with Crippen molar-refractivity contribution in [2.75, 3.05) is 6.61 Å². The summed E-state index contributed by atoms with van der Waals surface area (Å²) in [6, 6.07) is 0. The van der Waals surface area contributed by atoms with Gasteiger partial charge in [-0.05, 0) is 32.3 Å². The summed E-state index contributed by atoms with van der Waals surface area (Å²) in [4.78, 5) is 20.6. The van der Waals surface area contributed by atoms with Gasteiger partial charge in [0, 0.05) is 17.8 Å². The number of nitrogens with zero attached hydrogens (tertiary/aromatic N) is 4. The van der Waals surface area contributed by atoms with Crippen LogP contribution < -0.4 is 0 Å². The minimum Gasteiger partial charge on any atom is -0.465 e. The predicted molar refractivity (Wildman–Crippen MR) is 84.1 cm³/mol. The number of esters is 1. The van der Waals surface area contributed by atoms with Crippen LogP contribution in [0.2, 0.25) is 0 Å². The minimum absolute atomic E-state index is 0.173. The van der Waals surface area contributed by atoms with E-state index in [1.165, 1.54) is 17.3 Å². The third-order valence-electron chi connectivity index (χ3n) is 3.94. The quantitative estimate of drug-likeness (QED) is 0.788. The second kappa shape index (κ2) is 6.24. The summed E-state index contributed by atoms with van der Waals surface area (Å²) in [5.74, 6) is 0.428. The maximum atomic E-state index is 11.6. The molecule has 0 radical (unpaired) electrons. The maximum Gasteiger partial charge on any atom is 0.319 e. The molecule has 0 spiro atoms. The van der Waals surface area contributed by atoms with Gasteiger partial charge in [-0.3, -0.25) is 4.79 Å².